The monoisotopic (exact) mass is 296 g/mol. The van der Waals surface area contributed by atoms with Crippen LogP contribution in [0.15, 0.2) is 27.2 Å². The van der Waals surface area contributed by atoms with E-state index in [1.165, 1.54) is 12.1 Å². The molecule has 0 aliphatic carbocycles. The average molecular weight is 296 g/mol. The molecular formula is C11H12N4O4S. The van der Waals surface area contributed by atoms with Gasteiger partial charge in [0.1, 0.15) is 11.5 Å². The molecule has 9 heteroatoms. The van der Waals surface area contributed by atoms with Gasteiger partial charge in [0.15, 0.2) is 15.8 Å². The van der Waals surface area contributed by atoms with Gasteiger partial charge in [0.05, 0.1) is 4.90 Å². The predicted molar refractivity (Wildman–Crippen MR) is 71.7 cm³/mol. The van der Waals surface area contributed by atoms with Crippen molar-refractivity contribution in [3.63, 3.8) is 0 Å². The second kappa shape index (κ2) is 4.60. The third-order valence-corrected chi connectivity index (χ3v) is 4.54. The van der Waals surface area contributed by atoms with Gasteiger partial charge in [0.2, 0.25) is 0 Å². The minimum Gasteiger partial charge on any atom is -0.411 e. The lowest BCUT2D eigenvalue weighted by Gasteiger charge is -2.05. The number of rotatable bonds is 1. The van der Waals surface area contributed by atoms with Gasteiger partial charge in [-0.3, -0.25) is 4.79 Å². The molecule has 1 aliphatic rings. The molecule has 1 heterocycles. The Morgan fingerprint density at radius 2 is 2.00 bits per heavy atom. The van der Waals surface area contributed by atoms with Crippen LogP contribution < -0.4 is 11.5 Å². The fraction of sp³-hybridized carbons (Fsp3) is 0.182. The highest BCUT2D eigenvalue weighted by Gasteiger charge is 2.33. The molecule has 0 bridgehead atoms. The highest BCUT2D eigenvalue weighted by atomic mass is 32.2. The highest BCUT2D eigenvalue weighted by Crippen LogP contribution is 2.29. The Morgan fingerprint density at radius 1 is 1.35 bits per heavy atom. The molecule has 0 spiro atoms. The van der Waals surface area contributed by atoms with Crippen molar-refractivity contribution in [2.24, 2.45) is 21.6 Å². The third-order valence-electron chi connectivity index (χ3n) is 2.88. The summed E-state index contributed by atoms with van der Waals surface area (Å²) in [5.41, 5.74) is 11.1. The van der Waals surface area contributed by atoms with E-state index in [0.717, 1.165) is 0 Å². The van der Waals surface area contributed by atoms with E-state index in [1.807, 2.05) is 0 Å². The number of sulfone groups is 1. The fourth-order valence-electron chi connectivity index (χ4n) is 2.00. The maximum Gasteiger partial charge on any atom is 0.280 e. The zero-order valence-corrected chi connectivity index (χ0v) is 11.3. The standard InChI is InChI=1S/C11H12N4O4S/c1-5-2-7-8(15-17)4-20(18,19)9(7)3-6(5)10(16)14-11(12)13/h2-3,17H,4H2,1H3,(H4,12,13,14,16)/b15-8+. The fourth-order valence-corrected chi connectivity index (χ4v) is 3.53. The number of hydrogen-bond acceptors (Lipinski definition) is 5. The van der Waals surface area contributed by atoms with Gasteiger partial charge < -0.3 is 16.7 Å². The van der Waals surface area contributed by atoms with Crippen molar-refractivity contribution < 1.29 is 18.4 Å². The van der Waals surface area contributed by atoms with Gasteiger partial charge >= 0.3 is 0 Å². The van der Waals surface area contributed by atoms with E-state index in [9.17, 15) is 13.2 Å². The van der Waals surface area contributed by atoms with Crippen LogP contribution in [0, 0.1) is 6.92 Å². The molecule has 0 saturated carbocycles. The number of amides is 1. The third kappa shape index (κ3) is 2.23. The molecule has 1 aromatic carbocycles. The Morgan fingerprint density at radius 3 is 2.55 bits per heavy atom. The first-order chi connectivity index (χ1) is 9.26. The summed E-state index contributed by atoms with van der Waals surface area (Å²) in [5.74, 6) is -1.54. The van der Waals surface area contributed by atoms with Crippen LogP contribution in [0.5, 0.6) is 0 Å². The van der Waals surface area contributed by atoms with Crippen molar-refractivity contribution >= 4 is 27.4 Å². The Kier molecular flexibility index (Phi) is 3.22. The normalized spacial score (nSPS) is 17.8. The lowest BCUT2D eigenvalue weighted by molar-refractivity contribution is 0.100. The Hall–Kier alpha value is -2.42. The molecule has 8 nitrogen and oxygen atoms in total. The zero-order valence-electron chi connectivity index (χ0n) is 10.5. The number of aryl methyl sites for hydroxylation is 1. The molecule has 5 N–H and O–H groups in total. The van der Waals surface area contributed by atoms with Crippen LogP contribution in [0.3, 0.4) is 0 Å². The van der Waals surface area contributed by atoms with E-state index >= 15 is 0 Å². The summed E-state index contributed by atoms with van der Waals surface area (Å²) < 4.78 is 23.9. The first kappa shape index (κ1) is 14.0. The van der Waals surface area contributed by atoms with E-state index in [-0.39, 0.29) is 21.7 Å². The Balaban J connectivity index is 2.68. The number of carbonyl (C=O) groups excluding carboxylic acids is 1. The molecule has 20 heavy (non-hydrogen) atoms. The second-order valence-corrected chi connectivity index (χ2v) is 6.27. The minimum absolute atomic E-state index is 0.0453. The van der Waals surface area contributed by atoms with E-state index in [4.69, 9.17) is 16.7 Å². The topological polar surface area (TPSA) is 148 Å². The molecule has 106 valence electrons. The number of hydrogen-bond donors (Lipinski definition) is 3. The summed E-state index contributed by atoms with van der Waals surface area (Å²) in [5, 5.41) is 11.8. The maximum atomic E-state index is 11.9. The van der Waals surface area contributed by atoms with Crippen LogP contribution in [0.4, 0.5) is 0 Å². The van der Waals surface area contributed by atoms with Crippen molar-refractivity contribution in [2.45, 2.75) is 11.8 Å². The van der Waals surface area contributed by atoms with Gasteiger partial charge in [-0.1, -0.05) is 5.16 Å². The summed E-state index contributed by atoms with van der Waals surface area (Å²) >= 11 is 0. The summed E-state index contributed by atoms with van der Waals surface area (Å²) in [4.78, 5) is 15.1. The molecule has 0 saturated heterocycles. The first-order valence-electron chi connectivity index (χ1n) is 5.49. The number of guanidine groups is 1. The van der Waals surface area contributed by atoms with Crippen LogP contribution in [0.2, 0.25) is 0 Å². The van der Waals surface area contributed by atoms with E-state index in [1.54, 1.807) is 6.92 Å². The smallest absolute Gasteiger partial charge is 0.280 e. The number of carbonyl (C=O) groups is 1. The van der Waals surface area contributed by atoms with Crippen LogP contribution >= 0.6 is 0 Å². The molecule has 2 rings (SSSR count). The van der Waals surface area contributed by atoms with Gasteiger partial charge in [-0.25, -0.2) is 8.42 Å². The molecular weight excluding hydrogens is 284 g/mol. The van der Waals surface area contributed by atoms with Gasteiger partial charge in [-0.15, -0.1) is 0 Å². The van der Waals surface area contributed by atoms with Crippen molar-refractivity contribution in [3.8, 4) is 0 Å². The Labute approximate surface area is 114 Å². The van der Waals surface area contributed by atoms with Gasteiger partial charge in [0, 0.05) is 11.1 Å². The highest BCUT2D eigenvalue weighted by molar-refractivity contribution is 7.92. The molecule has 1 aromatic rings. The molecule has 0 radical (unpaired) electrons. The van der Waals surface area contributed by atoms with Crippen LogP contribution in [0.1, 0.15) is 21.5 Å². The zero-order chi connectivity index (χ0) is 15.1. The number of oxime groups is 1. The number of benzene rings is 1. The molecule has 0 unspecified atom stereocenters. The number of nitrogens with zero attached hydrogens (tertiary/aromatic N) is 2. The SMILES string of the molecule is Cc1cc2c(cc1C(=O)N=C(N)N)S(=O)(=O)C/C2=N\O. The quantitative estimate of drug-likeness (QED) is 0.272. The van der Waals surface area contributed by atoms with E-state index in [2.05, 4.69) is 10.1 Å². The minimum atomic E-state index is -3.62. The van der Waals surface area contributed by atoms with Gasteiger partial charge in [-0.05, 0) is 24.6 Å². The van der Waals surface area contributed by atoms with E-state index in [0.29, 0.717) is 5.56 Å². The van der Waals surface area contributed by atoms with Crippen LogP contribution in [-0.4, -0.2) is 37.0 Å². The average Bonchev–Trinajstić information content (AvgIpc) is 2.58. The van der Waals surface area contributed by atoms with Crippen molar-refractivity contribution in [2.75, 3.05) is 5.75 Å². The summed E-state index contributed by atoms with van der Waals surface area (Å²) in [7, 11) is -3.62. The molecule has 0 atom stereocenters. The number of nitrogens with two attached hydrogens (primary N) is 2. The molecule has 1 aliphatic heterocycles. The van der Waals surface area contributed by atoms with E-state index < -0.39 is 27.5 Å². The molecule has 0 fully saturated rings. The van der Waals surface area contributed by atoms with Crippen LogP contribution in [-0.2, 0) is 9.84 Å². The van der Waals surface area contributed by atoms with Crippen molar-refractivity contribution in [1.82, 2.24) is 0 Å². The van der Waals surface area contributed by atoms with Gasteiger partial charge in [0.25, 0.3) is 5.91 Å². The lowest BCUT2D eigenvalue weighted by atomic mass is 10.0. The summed E-state index contributed by atoms with van der Waals surface area (Å²) in [6.45, 7) is 1.61. The summed E-state index contributed by atoms with van der Waals surface area (Å²) in [6, 6.07) is 2.66. The lowest BCUT2D eigenvalue weighted by Crippen LogP contribution is -2.24. The first-order valence-corrected chi connectivity index (χ1v) is 7.14. The summed E-state index contributed by atoms with van der Waals surface area (Å²) in [6.07, 6.45) is 0. The number of aliphatic imine (C=N–C) groups is 1. The predicted octanol–water partition coefficient (Wildman–Crippen LogP) is -0.626. The maximum absolute atomic E-state index is 11.9. The molecule has 0 aromatic heterocycles. The molecule has 1 amide bonds. The number of fused-ring (bicyclic) bond motifs is 1. The second-order valence-electron chi connectivity index (χ2n) is 4.31. The van der Waals surface area contributed by atoms with Crippen molar-refractivity contribution in [3.05, 3.63) is 28.8 Å². The van der Waals surface area contributed by atoms with Crippen LogP contribution in [0.25, 0.3) is 0 Å². The van der Waals surface area contributed by atoms with Gasteiger partial charge in [-0.2, -0.15) is 4.99 Å². The largest absolute Gasteiger partial charge is 0.411 e. The Bertz CT molecular complexity index is 761. The van der Waals surface area contributed by atoms with Crippen molar-refractivity contribution in [1.29, 1.82) is 0 Å².